The van der Waals surface area contributed by atoms with Crippen LogP contribution in [0.2, 0.25) is 0 Å². The average molecular weight is 1910 g/mol. The Morgan fingerprint density at radius 2 is 0.449 bits per heavy atom. The fourth-order valence-corrected chi connectivity index (χ4v) is 24.4. The van der Waals surface area contributed by atoms with Crippen molar-refractivity contribution in [3.8, 4) is 72.7 Å². The molecule has 7 nitrogen and oxygen atoms in total. The monoisotopic (exact) mass is 1910 g/mol. The number of thiophene rings is 2. The fraction of sp³-hybridized carbons (Fsp3) is 0. The SMILES string of the molecule is c1ccc(-c2ccc(N(c3ccc(-c4cccc5c4oc4ccccc45)cc3)c3cccc4c3c3ccccc3n4-c3ccccc3)cc2)cc1.c1ccc(-c2ccc(N(c3ccc(-c4cccc5c4sc4ccccc45)cc3)c3cccc4c3c3ccccc3n4-c3ccccc3)cc2)cc1.c1ccc(-c2ccc(N(c3ccc4sc5ccccc5c4c3)c3cccc4c3c3ccccc3n4-c3ccccc3)cc2)cc1. The van der Waals surface area contributed by atoms with Gasteiger partial charge in [-0.1, -0.05) is 370 Å². The predicted molar refractivity (Wildman–Crippen MR) is 627 cm³/mol. The van der Waals surface area contributed by atoms with Crippen molar-refractivity contribution >= 4 is 202 Å². The smallest absolute Gasteiger partial charge is 0.143 e. The molecule has 6 aromatic heterocycles. The number of rotatable bonds is 17. The molecule has 0 aliphatic carbocycles. The van der Waals surface area contributed by atoms with Gasteiger partial charge in [0.1, 0.15) is 11.2 Å². The molecule has 0 saturated carbocycles. The molecule has 0 N–H and O–H groups in total. The van der Waals surface area contributed by atoms with Gasteiger partial charge in [0.25, 0.3) is 0 Å². The second-order valence-electron chi connectivity index (χ2n) is 37.3. The van der Waals surface area contributed by atoms with Crippen LogP contribution in [0.5, 0.6) is 0 Å². The number of benzene rings is 23. The van der Waals surface area contributed by atoms with Gasteiger partial charge in [0, 0.05) is 140 Å². The summed E-state index contributed by atoms with van der Waals surface area (Å²) in [4.78, 5) is 7.25. The van der Waals surface area contributed by atoms with E-state index in [1.807, 2.05) is 34.8 Å². The number of hydrogen-bond acceptors (Lipinski definition) is 6. The maximum atomic E-state index is 6.42. The number of fused-ring (bicyclic) bond motifs is 18. The van der Waals surface area contributed by atoms with E-state index in [2.05, 4.69) is 574 Å². The fourth-order valence-electron chi connectivity index (χ4n) is 22.1. The van der Waals surface area contributed by atoms with Crippen LogP contribution in [0.15, 0.2) is 563 Å². The molecule has 0 bridgehead atoms. The van der Waals surface area contributed by atoms with Crippen LogP contribution < -0.4 is 14.7 Å². The molecule has 29 rings (SSSR count). The van der Waals surface area contributed by atoms with Gasteiger partial charge < -0.3 is 32.8 Å². The summed E-state index contributed by atoms with van der Waals surface area (Å²) < 4.78 is 18.8. The van der Waals surface area contributed by atoms with E-state index in [4.69, 9.17) is 4.42 Å². The van der Waals surface area contributed by atoms with E-state index < -0.39 is 0 Å². The Bertz CT molecular complexity index is 9560. The van der Waals surface area contributed by atoms with E-state index in [0.29, 0.717) is 0 Å². The Labute approximate surface area is 858 Å². The van der Waals surface area contributed by atoms with E-state index in [-0.39, 0.29) is 0 Å². The zero-order valence-electron chi connectivity index (χ0n) is 80.0. The van der Waals surface area contributed by atoms with Crippen molar-refractivity contribution < 1.29 is 4.42 Å². The molecular weight excluding hydrogens is 1820 g/mol. The van der Waals surface area contributed by atoms with Gasteiger partial charge in [0.15, 0.2) is 0 Å². The van der Waals surface area contributed by atoms with Crippen LogP contribution in [0.4, 0.5) is 51.2 Å². The Hall–Kier alpha value is -18.9. The summed E-state index contributed by atoms with van der Waals surface area (Å²) in [5.41, 5.74) is 34.4. The first-order valence-electron chi connectivity index (χ1n) is 50.0. The lowest BCUT2D eigenvalue weighted by atomic mass is 10.0. The van der Waals surface area contributed by atoms with Crippen molar-refractivity contribution in [1.29, 1.82) is 0 Å². The Morgan fingerprint density at radius 3 is 0.864 bits per heavy atom. The zero-order chi connectivity index (χ0) is 97.2. The molecule has 23 aromatic carbocycles. The molecule has 0 fully saturated rings. The van der Waals surface area contributed by atoms with Gasteiger partial charge >= 0.3 is 0 Å². The minimum atomic E-state index is 0.907. The number of hydrogen-bond donors (Lipinski definition) is 0. The van der Waals surface area contributed by atoms with Crippen molar-refractivity contribution in [1.82, 2.24) is 13.7 Å². The first-order valence-corrected chi connectivity index (χ1v) is 51.6. The summed E-state index contributed by atoms with van der Waals surface area (Å²) in [7, 11) is 0. The van der Waals surface area contributed by atoms with E-state index in [9.17, 15) is 0 Å². The highest BCUT2D eigenvalue weighted by atomic mass is 32.1. The topological polar surface area (TPSA) is 37.7 Å². The average Bonchev–Trinajstić information content (AvgIpc) is 1.58. The molecule has 0 atom stereocenters. The van der Waals surface area contributed by atoms with Crippen LogP contribution in [0.3, 0.4) is 0 Å². The van der Waals surface area contributed by atoms with Crippen LogP contribution in [-0.4, -0.2) is 13.7 Å². The second kappa shape index (κ2) is 37.5. The van der Waals surface area contributed by atoms with Crippen LogP contribution in [0.25, 0.3) is 200 Å². The third-order valence-electron chi connectivity index (χ3n) is 28.8. The maximum Gasteiger partial charge on any atom is 0.143 e. The number of para-hydroxylation sites is 8. The lowest BCUT2D eigenvalue weighted by Crippen LogP contribution is -2.10. The van der Waals surface area contributed by atoms with Gasteiger partial charge in [-0.15, -0.1) is 22.7 Å². The van der Waals surface area contributed by atoms with Gasteiger partial charge in [0.05, 0.1) is 50.2 Å². The molecule has 0 spiro atoms. The molecular formula is C138H92N6OS2. The Balaban J connectivity index is 0.000000109. The van der Waals surface area contributed by atoms with E-state index >= 15 is 0 Å². The minimum absolute atomic E-state index is 0.907. The summed E-state index contributed by atoms with van der Waals surface area (Å²) in [6.45, 7) is 0. The summed E-state index contributed by atoms with van der Waals surface area (Å²) in [5.74, 6) is 0. The molecule has 147 heavy (non-hydrogen) atoms. The first kappa shape index (κ1) is 87.1. The normalized spacial score (nSPS) is 11.5. The Morgan fingerprint density at radius 1 is 0.170 bits per heavy atom. The van der Waals surface area contributed by atoms with Crippen LogP contribution in [0.1, 0.15) is 0 Å². The lowest BCUT2D eigenvalue weighted by Gasteiger charge is -2.27. The molecule has 0 amide bonds. The van der Waals surface area contributed by atoms with Gasteiger partial charge in [-0.2, -0.15) is 0 Å². The predicted octanol–water partition coefficient (Wildman–Crippen LogP) is 39.7. The number of nitrogens with zero attached hydrogens (tertiary/aromatic N) is 6. The van der Waals surface area contributed by atoms with E-state index in [1.54, 1.807) is 0 Å². The summed E-state index contributed by atoms with van der Waals surface area (Å²) >= 11 is 3.73. The largest absolute Gasteiger partial charge is 0.455 e. The summed E-state index contributed by atoms with van der Waals surface area (Å²) in [6.07, 6.45) is 0. The third kappa shape index (κ3) is 15.7. The van der Waals surface area contributed by atoms with E-state index in [0.717, 1.165) is 101 Å². The summed E-state index contributed by atoms with van der Waals surface area (Å²) in [6, 6.07) is 201. The highest BCUT2D eigenvalue weighted by molar-refractivity contribution is 7.26. The van der Waals surface area contributed by atoms with Crippen LogP contribution in [-0.2, 0) is 0 Å². The number of aromatic nitrogens is 3. The third-order valence-corrected chi connectivity index (χ3v) is 31.2. The van der Waals surface area contributed by atoms with Crippen LogP contribution in [0, 0.1) is 0 Å². The van der Waals surface area contributed by atoms with Crippen molar-refractivity contribution in [2.45, 2.75) is 0 Å². The molecule has 0 radical (unpaired) electrons. The van der Waals surface area contributed by atoms with E-state index in [1.165, 1.54) is 150 Å². The van der Waals surface area contributed by atoms with Crippen molar-refractivity contribution in [3.63, 3.8) is 0 Å². The summed E-state index contributed by atoms with van der Waals surface area (Å²) in [5, 5.41) is 14.9. The minimum Gasteiger partial charge on any atom is -0.455 e. The van der Waals surface area contributed by atoms with Gasteiger partial charge in [-0.05, 0) is 238 Å². The van der Waals surface area contributed by atoms with Crippen LogP contribution >= 0.6 is 22.7 Å². The molecule has 6 heterocycles. The quantitative estimate of drug-likeness (QED) is 0.0911. The molecule has 0 aliphatic rings. The van der Waals surface area contributed by atoms with Gasteiger partial charge in [-0.3, -0.25) is 0 Å². The Kier molecular flexibility index (Phi) is 22.2. The highest BCUT2D eigenvalue weighted by Gasteiger charge is 2.28. The highest BCUT2D eigenvalue weighted by Crippen LogP contribution is 2.52. The molecule has 692 valence electrons. The van der Waals surface area contributed by atoms with Gasteiger partial charge in [0.2, 0.25) is 0 Å². The first-order chi connectivity index (χ1) is 73.0. The molecule has 29 aromatic rings. The van der Waals surface area contributed by atoms with Crippen molar-refractivity contribution in [2.24, 2.45) is 0 Å². The number of furan rings is 1. The van der Waals surface area contributed by atoms with Crippen molar-refractivity contribution in [3.05, 3.63) is 558 Å². The molecule has 0 unspecified atom stereocenters. The lowest BCUT2D eigenvalue weighted by molar-refractivity contribution is 0.670. The standard InChI is InChI=1S/C48H32N2O.C48H32N2S.C42H28N2S/c2*1-3-13-33(14-4-1)34-25-29-37(30-26-34)49(38-31-27-35(28-32-38)39-19-11-20-41-40-17-8-10-24-46(40)51-48(39)41)44-22-12-23-45-47(44)42-18-7-9-21-43(42)50(45)36-15-5-2-6-16-36;1-3-12-29(13-4-1)30-22-24-32(25-23-30)43(33-26-27-41-36(28-33)34-16-8-10-21-40(34)45-41)38-19-11-20-39-42(38)35-17-7-9-18-37(35)44(39)31-14-5-2-6-15-31/h2*1-32H;1-28H. The maximum absolute atomic E-state index is 6.42. The molecule has 0 aliphatic heterocycles. The number of anilines is 9. The molecule has 9 heteroatoms. The second-order valence-corrected chi connectivity index (χ2v) is 39.4. The zero-order valence-corrected chi connectivity index (χ0v) is 81.7. The van der Waals surface area contributed by atoms with Gasteiger partial charge in [-0.25, -0.2) is 0 Å². The van der Waals surface area contributed by atoms with Crippen molar-refractivity contribution in [2.75, 3.05) is 14.7 Å². The molecule has 0 saturated heterocycles.